The molecule has 0 amide bonds. The maximum atomic E-state index is 6.16. The van der Waals surface area contributed by atoms with Crippen molar-refractivity contribution in [3.8, 4) is 11.6 Å². The molecule has 0 bridgehead atoms. The van der Waals surface area contributed by atoms with Gasteiger partial charge in [-0.15, -0.1) is 0 Å². The predicted octanol–water partition coefficient (Wildman–Crippen LogP) is 3.48. The highest BCUT2D eigenvalue weighted by molar-refractivity contribution is 6.31. The third-order valence-corrected chi connectivity index (χ3v) is 3.55. The molecule has 1 aliphatic rings. The smallest absolute Gasteiger partial charge is 0.219 e. The first-order valence-electron chi connectivity index (χ1n) is 6.70. The summed E-state index contributed by atoms with van der Waals surface area (Å²) >= 11 is 6.16. The largest absolute Gasteiger partial charge is 0.437 e. The van der Waals surface area contributed by atoms with E-state index in [2.05, 4.69) is 15.3 Å². The van der Waals surface area contributed by atoms with Gasteiger partial charge in [-0.25, -0.2) is 4.98 Å². The van der Waals surface area contributed by atoms with Crippen LogP contribution in [0.15, 0.2) is 30.5 Å². The molecule has 0 aliphatic heterocycles. The van der Waals surface area contributed by atoms with E-state index >= 15 is 0 Å². The zero-order valence-corrected chi connectivity index (χ0v) is 12.0. The summed E-state index contributed by atoms with van der Waals surface area (Å²) in [5, 5.41) is 4.06. The summed E-state index contributed by atoms with van der Waals surface area (Å²) in [6.07, 6.45) is 4.22. The summed E-state index contributed by atoms with van der Waals surface area (Å²) in [4.78, 5) is 8.66. The number of pyridine rings is 2. The van der Waals surface area contributed by atoms with Crippen LogP contribution in [0.4, 0.5) is 0 Å². The summed E-state index contributed by atoms with van der Waals surface area (Å²) in [7, 11) is 0. The Morgan fingerprint density at radius 2 is 2.20 bits per heavy atom. The summed E-state index contributed by atoms with van der Waals surface area (Å²) < 4.78 is 5.77. The number of nitrogens with one attached hydrogen (secondary N) is 1. The van der Waals surface area contributed by atoms with Gasteiger partial charge in [0.2, 0.25) is 5.88 Å². The van der Waals surface area contributed by atoms with Crippen LogP contribution >= 0.6 is 11.6 Å². The molecule has 1 aliphatic carbocycles. The zero-order valence-electron chi connectivity index (χ0n) is 11.3. The van der Waals surface area contributed by atoms with Crippen molar-refractivity contribution in [2.45, 2.75) is 32.4 Å². The molecule has 1 N–H and O–H groups in total. The Balaban J connectivity index is 1.75. The molecule has 0 radical (unpaired) electrons. The number of rotatable bonds is 5. The Morgan fingerprint density at radius 3 is 2.95 bits per heavy atom. The molecule has 0 aromatic carbocycles. The Morgan fingerprint density at radius 1 is 1.35 bits per heavy atom. The number of halogens is 1. The lowest BCUT2D eigenvalue weighted by Crippen LogP contribution is -2.16. The molecule has 5 heteroatoms. The maximum absolute atomic E-state index is 6.16. The van der Waals surface area contributed by atoms with Crippen molar-refractivity contribution in [3.05, 3.63) is 46.9 Å². The van der Waals surface area contributed by atoms with Gasteiger partial charge in [-0.1, -0.05) is 11.6 Å². The van der Waals surface area contributed by atoms with Gasteiger partial charge >= 0.3 is 0 Å². The minimum atomic E-state index is 0.540. The third kappa shape index (κ3) is 3.26. The van der Waals surface area contributed by atoms with Crippen molar-refractivity contribution >= 4 is 11.6 Å². The number of hydrogen-bond donors (Lipinski definition) is 1. The molecule has 0 saturated heterocycles. The van der Waals surface area contributed by atoms with Gasteiger partial charge in [-0.05, 0) is 38.0 Å². The second kappa shape index (κ2) is 5.77. The summed E-state index contributed by atoms with van der Waals surface area (Å²) in [5.74, 6) is 1.25. The normalized spacial score (nSPS) is 14.3. The number of nitrogens with zero attached hydrogens (tertiary/aromatic N) is 2. The van der Waals surface area contributed by atoms with E-state index in [4.69, 9.17) is 16.3 Å². The van der Waals surface area contributed by atoms with E-state index in [-0.39, 0.29) is 0 Å². The molecule has 4 nitrogen and oxygen atoms in total. The van der Waals surface area contributed by atoms with Crippen LogP contribution in [0.5, 0.6) is 11.6 Å². The Labute approximate surface area is 123 Å². The van der Waals surface area contributed by atoms with Crippen molar-refractivity contribution < 1.29 is 4.74 Å². The zero-order chi connectivity index (χ0) is 13.9. The van der Waals surface area contributed by atoms with E-state index in [0.29, 0.717) is 29.2 Å². The van der Waals surface area contributed by atoms with Crippen molar-refractivity contribution in [1.82, 2.24) is 15.3 Å². The van der Waals surface area contributed by atoms with Crippen LogP contribution in [0.3, 0.4) is 0 Å². The average Bonchev–Trinajstić information content (AvgIpc) is 3.26. The molecule has 0 spiro atoms. The van der Waals surface area contributed by atoms with Crippen molar-refractivity contribution in [1.29, 1.82) is 0 Å². The van der Waals surface area contributed by atoms with Crippen LogP contribution in [-0.4, -0.2) is 16.0 Å². The summed E-state index contributed by atoms with van der Waals surface area (Å²) in [6, 6.07) is 7.93. The van der Waals surface area contributed by atoms with E-state index in [1.807, 2.05) is 25.1 Å². The molecule has 0 atom stereocenters. The fraction of sp³-hybridized carbons (Fsp3) is 0.333. The highest BCUT2D eigenvalue weighted by Crippen LogP contribution is 2.25. The van der Waals surface area contributed by atoms with E-state index in [1.54, 1.807) is 12.3 Å². The first-order valence-corrected chi connectivity index (χ1v) is 7.08. The number of aryl methyl sites for hydroxylation is 1. The fourth-order valence-electron chi connectivity index (χ4n) is 1.86. The van der Waals surface area contributed by atoms with Crippen LogP contribution in [0, 0.1) is 6.92 Å². The summed E-state index contributed by atoms with van der Waals surface area (Å²) in [6.45, 7) is 2.58. The van der Waals surface area contributed by atoms with Gasteiger partial charge in [0, 0.05) is 24.8 Å². The quantitative estimate of drug-likeness (QED) is 0.915. The number of hydrogen-bond acceptors (Lipinski definition) is 4. The fourth-order valence-corrected chi connectivity index (χ4v) is 2.04. The lowest BCUT2D eigenvalue weighted by molar-refractivity contribution is 0.453. The molecule has 20 heavy (non-hydrogen) atoms. The lowest BCUT2D eigenvalue weighted by atomic mass is 10.3. The average molecular weight is 290 g/mol. The van der Waals surface area contributed by atoms with Gasteiger partial charge in [-0.3, -0.25) is 4.98 Å². The van der Waals surface area contributed by atoms with E-state index in [9.17, 15) is 0 Å². The first kappa shape index (κ1) is 13.3. The van der Waals surface area contributed by atoms with Gasteiger partial charge in [-0.2, -0.15) is 0 Å². The molecule has 2 aromatic heterocycles. The van der Waals surface area contributed by atoms with Crippen molar-refractivity contribution in [2.75, 3.05) is 0 Å². The molecule has 1 fully saturated rings. The Hall–Kier alpha value is -1.65. The first-order chi connectivity index (χ1) is 9.72. The molecule has 2 heterocycles. The SMILES string of the molecule is Cc1ncccc1Oc1ccc(Cl)c(CNC2CC2)n1. The van der Waals surface area contributed by atoms with Crippen LogP contribution in [-0.2, 0) is 6.54 Å². The van der Waals surface area contributed by atoms with Crippen molar-refractivity contribution in [3.63, 3.8) is 0 Å². The minimum Gasteiger partial charge on any atom is -0.437 e. The molecule has 2 aromatic rings. The second-order valence-electron chi connectivity index (χ2n) is 4.92. The van der Waals surface area contributed by atoms with Gasteiger partial charge in [0.25, 0.3) is 0 Å². The Kier molecular flexibility index (Phi) is 3.85. The van der Waals surface area contributed by atoms with E-state index in [0.717, 1.165) is 11.4 Å². The van der Waals surface area contributed by atoms with Gasteiger partial charge in [0.15, 0.2) is 5.75 Å². The number of ether oxygens (including phenoxy) is 1. The minimum absolute atomic E-state index is 0.540. The second-order valence-corrected chi connectivity index (χ2v) is 5.33. The van der Waals surface area contributed by atoms with Gasteiger partial charge in [0.1, 0.15) is 0 Å². The highest BCUT2D eigenvalue weighted by atomic mass is 35.5. The van der Waals surface area contributed by atoms with Crippen molar-refractivity contribution in [2.24, 2.45) is 0 Å². The maximum Gasteiger partial charge on any atom is 0.219 e. The molecule has 104 valence electrons. The highest BCUT2D eigenvalue weighted by Gasteiger charge is 2.20. The van der Waals surface area contributed by atoms with Crippen LogP contribution < -0.4 is 10.1 Å². The standard InChI is InChI=1S/C15H16ClN3O/c1-10-14(3-2-8-17-10)20-15-7-6-12(16)13(19-15)9-18-11-4-5-11/h2-3,6-8,11,18H,4-5,9H2,1H3. The third-order valence-electron chi connectivity index (χ3n) is 3.20. The van der Waals surface area contributed by atoms with E-state index in [1.165, 1.54) is 12.8 Å². The molecule has 3 rings (SSSR count). The van der Waals surface area contributed by atoms with Crippen LogP contribution in [0.25, 0.3) is 0 Å². The molecule has 1 saturated carbocycles. The molecule has 0 unspecified atom stereocenters. The predicted molar refractivity (Wildman–Crippen MR) is 78.2 cm³/mol. The monoisotopic (exact) mass is 289 g/mol. The molecular weight excluding hydrogens is 274 g/mol. The van der Waals surface area contributed by atoms with Crippen LogP contribution in [0.1, 0.15) is 24.2 Å². The topological polar surface area (TPSA) is 47.0 Å². The molecular formula is C15H16ClN3O. The van der Waals surface area contributed by atoms with E-state index < -0.39 is 0 Å². The lowest BCUT2D eigenvalue weighted by Gasteiger charge is -2.10. The van der Waals surface area contributed by atoms with Gasteiger partial charge in [0.05, 0.1) is 16.4 Å². The number of aromatic nitrogens is 2. The van der Waals surface area contributed by atoms with Crippen LogP contribution in [0.2, 0.25) is 5.02 Å². The Bertz CT molecular complexity index is 614. The summed E-state index contributed by atoms with van der Waals surface area (Å²) in [5.41, 5.74) is 1.65. The van der Waals surface area contributed by atoms with Gasteiger partial charge < -0.3 is 10.1 Å².